The molecule has 0 fully saturated rings. The van der Waals surface area contributed by atoms with Gasteiger partial charge in [0.25, 0.3) is 10.0 Å². The van der Waals surface area contributed by atoms with Crippen LogP contribution in [0.4, 0.5) is 14.5 Å². The number of rotatable bonds is 4. The molecule has 2 aromatic rings. The molecule has 4 nitrogen and oxygen atoms in total. The number of aliphatic hydroxyl groups excluding tert-OH is 1. The maximum atomic E-state index is 13.5. The zero-order valence-corrected chi connectivity index (χ0v) is 12.9. The van der Waals surface area contributed by atoms with Crippen LogP contribution in [-0.2, 0) is 16.6 Å². The van der Waals surface area contributed by atoms with E-state index in [4.69, 9.17) is 5.11 Å². The van der Waals surface area contributed by atoms with Crippen molar-refractivity contribution in [3.63, 3.8) is 0 Å². The van der Waals surface area contributed by atoms with Gasteiger partial charge in [-0.15, -0.1) is 11.3 Å². The summed E-state index contributed by atoms with van der Waals surface area (Å²) >= 11 is 4.07. The maximum absolute atomic E-state index is 13.5. The van der Waals surface area contributed by atoms with Gasteiger partial charge in [-0.25, -0.2) is 17.2 Å². The van der Waals surface area contributed by atoms with Gasteiger partial charge in [-0.3, -0.25) is 4.72 Å². The molecule has 1 aromatic carbocycles. The van der Waals surface area contributed by atoms with Crippen LogP contribution in [-0.4, -0.2) is 13.5 Å². The van der Waals surface area contributed by atoms with Gasteiger partial charge in [0.1, 0.15) is 22.2 Å². The van der Waals surface area contributed by atoms with E-state index in [9.17, 15) is 17.2 Å². The van der Waals surface area contributed by atoms with Crippen LogP contribution in [0.15, 0.2) is 32.9 Å². The van der Waals surface area contributed by atoms with E-state index < -0.39 is 27.3 Å². The molecule has 0 radical (unpaired) electrons. The van der Waals surface area contributed by atoms with E-state index in [1.807, 2.05) is 4.72 Å². The lowest BCUT2D eigenvalue weighted by Gasteiger charge is -2.08. The summed E-state index contributed by atoms with van der Waals surface area (Å²) in [4.78, 5) is 0.223. The van der Waals surface area contributed by atoms with Gasteiger partial charge >= 0.3 is 0 Å². The van der Waals surface area contributed by atoms with Crippen LogP contribution in [0.1, 0.15) is 4.88 Å². The summed E-state index contributed by atoms with van der Waals surface area (Å²) in [6, 6.07) is 4.26. The highest BCUT2D eigenvalue weighted by Gasteiger charge is 2.23. The van der Waals surface area contributed by atoms with Gasteiger partial charge in [0.15, 0.2) is 0 Å². The third kappa shape index (κ3) is 3.00. The third-order valence-electron chi connectivity index (χ3n) is 2.35. The predicted octanol–water partition coefficient (Wildman–Crippen LogP) is 3.08. The number of hydrogen-bond acceptors (Lipinski definition) is 4. The highest BCUT2D eigenvalue weighted by atomic mass is 79.9. The standard InChI is InChI=1S/C11H8BrF2NO3S2/c12-11-9(4-6(5-16)19-11)20(17,18)15-10-7(13)2-1-3-8(10)14/h1-4,15-16H,5H2. The molecule has 20 heavy (non-hydrogen) atoms. The number of para-hydroxylation sites is 1. The molecule has 0 atom stereocenters. The van der Waals surface area contributed by atoms with Crippen molar-refractivity contribution in [2.75, 3.05) is 4.72 Å². The lowest BCUT2D eigenvalue weighted by atomic mass is 10.3. The third-order valence-corrected chi connectivity index (χ3v) is 5.94. The van der Waals surface area contributed by atoms with E-state index in [0.29, 0.717) is 4.88 Å². The molecule has 0 aliphatic heterocycles. The summed E-state index contributed by atoms with van der Waals surface area (Å²) in [6.45, 7) is -0.327. The summed E-state index contributed by atoms with van der Waals surface area (Å²) in [6.07, 6.45) is 0. The second-order valence-electron chi connectivity index (χ2n) is 3.71. The summed E-state index contributed by atoms with van der Waals surface area (Å²) in [5.41, 5.74) is -0.740. The molecule has 9 heteroatoms. The Morgan fingerprint density at radius 1 is 1.30 bits per heavy atom. The highest BCUT2D eigenvalue weighted by Crippen LogP contribution is 2.33. The fourth-order valence-electron chi connectivity index (χ4n) is 1.44. The maximum Gasteiger partial charge on any atom is 0.264 e. The van der Waals surface area contributed by atoms with Crippen molar-refractivity contribution >= 4 is 43.0 Å². The molecule has 0 unspecified atom stereocenters. The van der Waals surface area contributed by atoms with Crippen LogP contribution in [0.5, 0.6) is 0 Å². The smallest absolute Gasteiger partial charge is 0.264 e. The van der Waals surface area contributed by atoms with Crippen LogP contribution in [0.25, 0.3) is 0 Å². The molecule has 0 saturated heterocycles. The molecular weight excluding hydrogens is 376 g/mol. The Kier molecular flexibility index (Phi) is 4.43. The number of halogens is 3. The van der Waals surface area contributed by atoms with Gasteiger partial charge in [0.05, 0.1) is 10.4 Å². The molecule has 0 aliphatic rings. The number of hydrogen-bond donors (Lipinski definition) is 2. The lowest BCUT2D eigenvalue weighted by molar-refractivity contribution is 0.285. The number of thiophene rings is 1. The van der Waals surface area contributed by atoms with E-state index in [0.717, 1.165) is 29.5 Å². The molecular formula is C11H8BrF2NO3S2. The average Bonchev–Trinajstić information content (AvgIpc) is 2.76. The molecule has 2 rings (SSSR count). The zero-order chi connectivity index (χ0) is 14.9. The van der Waals surface area contributed by atoms with E-state index >= 15 is 0 Å². The number of sulfonamides is 1. The minimum absolute atomic E-state index is 0.186. The molecule has 0 amide bonds. The SMILES string of the molecule is O=S(=O)(Nc1c(F)cccc1F)c1cc(CO)sc1Br. The number of nitrogens with one attached hydrogen (secondary N) is 1. The van der Waals surface area contributed by atoms with Crippen LogP contribution < -0.4 is 4.72 Å². The minimum atomic E-state index is -4.16. The van der Waals surface area contributed by atoms with Crippen molar-refractivity contribution in [2.45, 2.75) is 11.5 Å². The first kappa shape index (κ1) is 15.4. The summed E-state index contributed by atoms with van der Waals surface area (Å²) < 4.78 is 53.2. The van der Waals surface area contributed by atoms with E-state index in [2.05, 4.69) is 15.9 Å². The van der Waals surface area contributed by atoms with Crippen molar-refractivity contribution in [2.24, 2.45) is 0 Å². The van der Waals surface area contributed by atoms with E-state index in [1.165, 1.54) is 6.07 Å². The molecule has 0 aliphatic carbocycles. The van der Waals surface area contributed by atoms with Gasteiger partial charge in [-0.1, -0.05) is 6.07 Å². The van der Waals surface area contributed by atoms with Gasteiger partial charge in [0, 0.05) is 4.88 Å². The predicted molar refractivity (Wildman–Crippen MR) is 75.1 cm³/mol. The largest absolute Gasteiger partial charge is 0.391 e. The molecule has 1 heterocycles. The Labute approximate surface area is 126 Å². The Hall–Kier alpha value is -1.03. The first-order valence-electron chi connectivity index (χ1n) is 5.21. The summed E-state index contributed by atoms with van der Waals surface area (Å²) in [5, 5.41) is 8.97. The normalized spacial score (nSPS) is 11.6. The summed E-state index contributed by atoms with van der Waals surface area (Å²) in [7, 11) is -4.16. The van der Waals surface area contributed by atoms with Crippen LogP contribution >= 0.6 is 27.3 Å². The highest BCUT2D eigenvalue weighted by molar-refractivity contribution is 9.11. The first-order valence-corrected chi connectivity index (χ1v) is 8.30. The van der Waals surface area contributed by atoms with Crippen molar-refractivity contribution in [3.05, 3.63) is 44.6 Å². The monoisotopic (exact) mass is 383 g/mol. The average molecular weight is 384 g/mol. The Morgan fingerprint density at radius 2 is 1.90 bits per heavy atom. The van der Waals surface area contributed by atoms with Crippen LogP contribution in [0.2, 0.25) is 0 Å². The molecule has 0 saturated carbocycles. The second-order valence-corrected chi connectivity index (χ2v) is 7.82. The van der Waals surface area contributed by atoms with Crippen molar-refractivity contribution < 1.29 is 22.3 Å². The fourth-order valence-corrected chi connectivity index (χ4v) is 5.06. The van der Waals surface area contributed by atoms with E-state index in [-0.39, 0.29) is 15.3 Å². The van der Waals surface area contributed by atoms with Gasteiger partial charge < -0.3 is 5.11 Å². The molecule has 0 bridgehead atoms. The molecule has 0 spiro atoms. The molecule has 2 N–H and O–H groups in total. The lowest BCUT2D eigenvalue weighted by Crippen LogP contribution is -2.15. The van der Waals surface area contributed by atoms with Gasteiger partial charge in [-0.2, -0.15) is 0 Å². The van der Waals surface area contributed by atoms with Crippen molar-refractivity contribution in [3.8, 4) is 0 Å². The number of anilines is 1. The van der Waals surface area contributed by atoms with Crippen LogP contribution in [0.3, 0.4) is 0 Å². The van der Waals surface area contributed by atoms with Gasteiger partial charge in [-0.05, 0) is 34.1 Å². The quantitative estimate of drug-likeness (QED) is 0.852. The first-order chi connectivity index (χ1) is 9.35. The van der Waals surface area contributed by atoms with Gasteiger partial charge in [0.2, 0.25) is 0 Å². The van der Waals surface area contributed by atoms with Crippen molar-refractivity contribution in [1.82, 2.24) is 0 Å². The van der Waals surface area contributed by atoms with Crippen LogP contribution in [0, 0.1) is 11.6 Å². The number of aliphatic hydroxyl groups is 1. The minimum Gasteiger partial charge on any atom is -0.391 e. The fraction of sp³-hybridized carbons (Fsp3) is 0.0909. The Morgan fingerprint density at radius 3 is 2.40 bits per heavy atom. The topological polar surface area (TPSA) is 66.4 Å². The molecule has 1 aromatic heterocycles. The Balaban J connectivity index is 2.43. The van der Waals surface area contributed by atoms with E-state index in [1.54, 1.807) is 0 Å². The Bertz CT molecular complexity index is 726. The van der Waals surface area contributed by atoms with Crippen molar-refractivity contribution in [1.29, 1.82) is 0 Å². The molecule has 108 valence electrons. The number of benzene rings is 1. The second kappa shape index (κ2) is 5.76. The zero-order valence-electron chi connectivity index (χ0n) is 9.73. The summed E-state index contributed by atoms with van der Waals surface area (Å²) in [5.74, 6) is -2.02.